The minimum atomic E-state index is -0.630. The molecular weight excluding hydrogens is 402 g/mol. The normalized spacial score (nSPS) is 45.9. The predicted molar refractivity (Wildman–Crippen MR) is 124 cm³/mol. The summed E-state index contributed by atoms with van der Waals surface area (Å²) >= 11 is 0. The largest absolute Gasteiger partial charge is 0.431 e. The van der Waals surface area contributed by atoms with Crippen molar-refractivity contribution < 1.29 is 14.6 Å². The summed E-state index contributed by atoms with van der Waals surface area (Å²) in [4.78, 5) is 13.8. The van der Waals surface area contributed by atoms with E-state index in [0.717, 1.165) is 43.7 Å². The van der Waals surface area contributed by atoms with Gasteiger partial charge in [-0.1, -0.05) is 13.8 Å². The van der Waals surface area contributed by atoms with Crippen LogP contribution in [-0.2, 0) is 0 Å². The van der Waals surface area contributed by atoms with E-state index in [1.807, 2.05) is 6.07 Å². The predicted octanol–water partition coefficient (Wildman–Crippen LogP) is 4.17. The molecule has 4 aliphatic rings. The molecule has 4 aliphatic carbocycles. The van der Waals surface area contributed by atoms with Gasteiger partial charge in [0, 0.05) is 24.1 Å². The number of hydrogen-bond donors (Lipinski definition) is 2. The van der Waals surface area contributed by atoms with Gasteiger partial charge in [-0.2, -0.15) is 0 Å². The molecule has 32 heavy (non-hydrogen) atoms. The van der Waals surface area contributed by atoms with E-state index in [1.165, 1.54) is 38.2 Å². The zero-order valence-electron chi connectivity index (χ0n) is 20.1. The molecule has 5 rings (SSSR count). The third-order valence-corrected chi connectivity index (χ3v) is 11.0. The third-order valence-electron chi connectivity index (χ3n) is 11.0. The molecule has 4 saturated carbocycles. The summed E-state index contributed by atoms with van der Waals surface area (Å²) in [5, 5.41) is 21.7. The Balaban J connectivity index is 1.39. The van der Waals surface area contributed by atoms with Gasteiger partial charge >= 0.3 is 5.63 Å². The highest BCUT2D eigenvalue weighted by molar-refractivity contribution is 5.27. The molecule has 178 valence electrons. The lowest BCUT2D eigenvalue weighted by atomic mass is 9.43. The lowest BCUT2D eigenvalue weighted by Crippen LogP contribution is -2.62. The summed E-state index contributed by atoms with van der Waals surface area (Å²) < 4.78 is 5.21. The molecular formula is C27H41NO4. The maximum absolute atomic E-state index is 12.3. The number of likely N-dealkylation sites (N-methyl/N-ethyl adjacent to an activating group) is 1. The summed E-state index contributed by atoms with van der Waals surface area (Å²) in [6.07, 6.45) is 11.7. The Morgan fingerprint density at radius 3 is 2.59 bits per heavy atom. The molecule has 4 fully saturated rings. The van der Waals surface area contributed by atoms with Crippen molar-refractivity contribution in [2.45, 2.75) is 89.2 Å². The van der Waals surface area contributed by atoms with Crippen LogP contribution in [0.25, 0.3) is 0 Å². The van der Waals surface area contributed by atoms with Crippen molar-refractivity contribution in [2.24, 2.45) is 28.6 Å². The summed E-state index contributed by atoms with van der Waals surface area (Å²) in [6, 6.07) is 4.03. The Morgan fingerprint density at radius 1 is 1.06 bits per heavy atom. The second kappa shape index (κ2) is 7.95. The van der Waals surface area contributed by atoms with E-state index in [9.17, 15) is 15.0 Å². The van der Waals surface area contributed by atoms with Gasteiger partial charge in [0.05, 0.1) is 18.5 Å². The highest BCUT2D eigenvalue weighted by Gasteiger charge is 2.67. The van der Waals surface area contributed by atoms with Crippen LogP contribution in [0.3, 0.4) is 0 Å². The van der Waals surface area contributed by atoms with Gasteiger partial charge in [-0.15, -0.1) is 0 Å². The van der Waals surface area contributed by atoms with Crippen LogP contribution < -0.4 is 5.63 Å². The Morgan fingerprint density at radius 2 is 1.88 bits per heavy atom. The summed E-state index contributed by atoms with van der Waals surface area (Å²) in [5.74, 6) is 1.94. The monoisotopic (exact) mass is 443 g/mol. The highest BCUT2D eigenvalue weighted by atomic mass is 16.4. The van der Waals surface area contributed by atoms with Crippen LogP contribution in [0, 0.1) is 28.6 Å². The fourth-order valence-corrected chi connectivity index (χ4v) is 9.04. The Kier molecular flexibility index (Phi) is 5.62. The number of aliphatic hydroxyl groups is 2. The van der Waals surface area contributed by atoms with Crippen LogP contribution in [0.1, 0.15) is 83.1 Å². The van der Waals surface area contributed by atoms with Crippen LogP contribution in [0.2, 0.25) is 0 Å². The van der Waals surface area contributed by atoms with Crippen molar-refractivity contribution in [3.63, 3.8) is 0 Å². The molecule has 0 aromatic carbocycles. The van der Waals surface area contributed by atoms with Gasteiger partial charge in [-0.25, -0.2) is 4.79 Å². The lowest BCUT2D eigenvalue weighted by molar-refractivity contribution is -0.203. The molecule has 1 aromatic heterocycles. The Labute approximate surface area is 192 Å². The van der Waals surface area contributed by atoms with Crippen LogP contribution in [-0.4, -0.2) is 47.0 Å². The fraction of sp³-hybridized carbons (Fsp3) is 0.815. The maximum atomic E-state index is 12.3. The molecule has 0 radical (unpaired) electrons. The van der Waals surface area contributed by atoms with Crippen LogP contribution in [0.15, 0.2) is 27.6 Å². The third kappa shape index (κ3) is 3.18. The number of nitrogens with zero attached hydrogens (tertiary/aromatic N) is 1. The minimum absolute atomic E-state index is 0.157. The molecule has 5 heteroatoms. The smallest absolute Gasteiger partial charge is 0.335 e. The average molecular weight is 444 g/mol. The van der Waals surface area contributed by atoms with E-state index < -0.39 is 5.60 Å². The molecule has 1 heterocycles. The lowest BCUT2D eigenvalue weighted by Gasteiger charge is -2.64. The maximum Gasteiger partial charge on any atom is 0.335 e. The van der Waals surface area contributed by atoms with Crippen molar-refractivity contribution in [1.82, 2.24) is 4.90 Å². The van der Waals surface area contributed by atoms with E-state index in [1.54, 1.807) is 6.26 Å². The molecule has 0 spiro atoms. The zero-order valence-corrected chi connectivity index (χ0v) is 20.1. The summed E-state index contributed by atoms with van der Waals surface area (Å²) in [7, 11) is 2.16. The summed E-state index contributed by atoms with van der Waals surface area (Å²) in [6.45, 7) is 5.83. The molecule has 5 nitrogen and oxygen atoms in total. The highest BCUT2D eigenvalue weighted by Crippen LogP contribution is 2.70. The second-order valence-corrected chi connectivity index (χ2v) is 12.0. The quantitative estimate of drug-likeness (QED) is 0.730. The van der Waals surface area contributed by atoms with E-state index in [-0.39, 0.29) is 23.6 Å². The van der Waals surface area contributed by atoms with E-state index in [0.29, 0.717) is 23.3 Å². The Hall–Kier alpha value is -1.17. The molecule has 0 bridgehead atoms. The SMILES string of the molecule is CN(CCO)C1CCC2(C)C(CCC3C2CCC2(C)C(c4ccc(=O)oc4)CCC32O)C1. The summed E-state index contributed by atoms with van der Waals surface area (Å²) in [5.41, 5.74) is 0.301. The first-order valence-electron chi connectivity index (χ1n) is 12.8. The second-order valence-electron chi connectivity index (χ2n) is 12.0. The molecule has 0 saturated heterocycles. The average Bonchev–Trinajstić information content (AvgIpc) is 3.05. The number of rotatable bonds is 4. The topological polar surface area (TPSA) is 73.9 Å². The number of aliphatic hydroxyl groups excluding tert-OH is 1. The molecule has 1 aromatic rings. The van der Waals surface area contributed by atoms with Crippen molar-refractivity contribution in [1.29, 1.82) is 0 Å². The van der Waals surface area contributed by atoms with Gasteiger partial charge in [0.15, 0.2) is 0 Å². The first-order chi connectivity index (χ1) is 15.2. The molecule has 0 amide bonds. The zero-order chi connectivity index (χ0) is 22.7. The van der Waals surface area contributed by atoms with E-state index >= 15 is 0 Å². The van der Waals surface area contributed by atoms with E-state index in [2.05, 4.69) is 25.8 Å². The van der Waals surface area contributed by atoms with Gasteiger partial charge in [0.25, 0.3) is 0 Å². The van der Waals surface area contributed by atoms with Crippen LogP contribution in [0.4, 0.5) is 0 Å². The van der Waals surface area contributed by atoms with Crippen molar-refractivity contribution in [2.75, 3.05) is 20.2 Å². The van der Waals surface area contributed by atoms with Gasteiger partial charge < -0.3 is 19.5 Å². The number of fused-ring (bicyclic) bond motifs is 5. The van der Waals surface area contributed by atoms with E-state index in [4.69, 9.17) is 4.42 Å². The molecule has 8 unspecified atom stereocenters. The fourth-order valence-electron chi connectivity index (χ4n) is 9.04. The minimum Gasteiger partial charge on any atom is -0.431 e. The van der Waals surface area contributed by atoms with Crippen LogP contribution >= 0.6 is 0 Å². The van der Waals surface area contributed by atoms with Crippen molar-refractivity contribution in [3.8, 4) is 0 Å². The van der Waals surface area contributed by atoms with Crippen molar-refractivity contribution in [3.05, 3.63) is 34.4 Å². The first-order valence-corrected chi connectivity index (χ1v) is 12.8. The first kappa shape index (κ1) is 22.6. The number of hydrogen-bond acceptors (Lipinski definition) is 5. The Bertz CT molecular complexity index is 879. The van der Waals surface area contributed by atoms with Gasteiger partial charge in [-0.05, 0) is 106 Å². The van der Waals surface area contributed by atoms with Gasteiger partial charge in [0.2, 0.25) is 0 Å². The van der Waals surface area contributed by atoms with Crippen molar-refractivity contribution >= 4 is 0 Å². The van der Waals surface area contributed by atoms with Crippen LogP contribution in [0.5, 0.6) is 0 Å². The molecule has 0 aliphatic heterocycles. The standard InChI is InChI=1S/C27H41NO4/c1-25-11-8-20(28(3)14-15-29)16-19(25)5-6-23-22(25)9-12-26(2)21(10-13-27(23,26)31)18-4-7-24(30)32-17-18/h4,7,17,19-23,29,31H,5-6,8-16H2,1-3H3. The van der Waals surface area contributed by atoms with Gasteiger partial charge in [-0.3, -0.25) is 0 Å². The molecule has 8 atom stereocenters. The molecule has 2 N–H and O–H groups in total. The van der Waals surface area contributed by atoms with Gasteiger partial charge in [0.1, 0.15) is 0 Å².